The summed E-state index contributed by atoms with van der Waals surface area (Å²) in [5, 5.41) is 18.3. The molecule has 0 saturated heterocycles. The molecule has 2 N–H and O–H groups in total. The van der Waals surface area contributed by atoms with Gasteiger partial charge in [-0.1, -0.05) is 6.92 Å². The topological polar surface area (TPSA) is 52.9 Å². The molecule has 0 aliphatic rings. The van der Waals surface area contributed by atoms with Gasteiger partial charge in [-0.15, -0.1) is 0 Å². The molecule has 0 bridgehead atoms. The number of ether oxygens (including phenoxy) is 1. The molecule has 1 unspecified atom stereocenters. The monoisotopic (exact) mass is 509 g/mol. The van der Waals surface area contributed by atoms with Crippen molar-refractivity contribution < 1.29 is 72.0 Å². The van der Waals surface area contributed by atoms with Crippen LogP contribution in [0.3, 0.4) is 0 Å². The fourth-order valence-corrected chi connectivity index (χ4v) is 2.25. The van der Waals surface area contributed by atoms with E-state index in [0.717, 1.165) is 0 Å². The maximum atomic E-state index is 13.5. The van der Waals surface area contributed by atoms with E-state index in [2.05, 4.69) is 4.74 Å². The Labute approximate surface area is 172 Å². The fourth-order valence-electron chi connectivity index (χ4n) is 2.25. The summed E-state index contributed by atoms with van der Waals surface area (Å²) < 4.78 is 173. The summed E-state index contributed by atoms with van der Waals surface area (Å²) in [4.78, 5) is 1.43. The predicted octanol–water partition coefficient (Wildman–Crippen LogP) is 3.81. The number of rotatable bonds is 14. The minimum absolute atomic E-state index is 0.0731. The van der Waals surface area contributed by atoms with Crippen molar-refractivity contribution in [2.24, 2.45) is 0 Å². The first kappa shape index (κ1) is 30.9. The van der Waals surface area contributed by atoms with Gasteiger partial charge >= 0.3 is 35.8 Å². The van der Waals surface area contributed by atoms with Crippen molar-refractivity contribution in [2.45, 2.75) is 55.2 Å². The lowest BCUT2D eigenvalue weighted by Crippen LogP contribution is -2.70. The number of likely N-dealkylation sites (N-methyl/N-ethyl adjacent to an activating group) is 1. The van der Waals surface area contributed by atoms with Crippen LogP contribution in [0.4, 0.5) is 57.1 Å². The Morgan fingerprint density at radius 2 is 1.25 bits per heavy atom. The molecule has 0 amide bonds. The van der Waals surface area contributed by atoms with E-state index in [0.29, 0.717) is 6.54 Å². The average molecular weight is 509 g/mol. The molecule has 0 aromatic heterocycles. The summed E-state index contributed by atoms with van der Waals surface area (Å²) in [6.07, 6.45) is -11.4. The van der Waals surface area contributed by atoms with E-state index in [1.807, 2.05) is 0 Å². The molecule has 194 valence electrons. The Bertz CT molecular complexity index is 583. The molecule has 0 fully saturated rings. The number of halogens is 13. The van der Waals surface area contributed by atoms with Crippen LogP contribution in [0.2, 0.25) is 0 Å². The van der Waals surface area contributed by atoms with Crippen LogP contribution in [0.15, 0.2) is 0 Å². The molecule has 4 nitrogen and oxygen atoms in total. The highest BCUT2D eigenvalue weighted by Gasteiger charge is 2.90. The normalized spacial score (nSPS) is 16.0. The number of hydrogen-bond acceptors (Lipinski definition) is 4. The van der Waals surface area contributed by atoms with Crippen molar-refractivity contribution in [1.29, 1.82) is 0 Å². The summed E-state index contributed by atoms with van der Waals surface area (Å²) >= 11 is 0. The van der Waals surface area contributed by atoms with Gasteiger partial charge < -0.3 is 14.9 Å². The highest BCUT2D eigenvalue weighted by atomic mass is 19.4. The van der Waals surface area contributed by atoms with E-state index in [-0.39, 0.29) is 19.7 Å². The molecule has 0 aromatic carbocycles. The molecule has 0 radical (unpaired) electrons. The lowest BCUT2D eigenvalue weighted by Gasteiger charge is -2.39. The Balaban J connectivity index is 5.29. The molecule has 1 atom stereocenters. The third-order valence-corrected chi connectivity index (χ3v) is 4.20. The SMILES string of the molecule is CCN(CCO)CC(O)COCCC(F)(F)C(F)(F)C(F)(F)C(F)(F)C(F)(F)C(F)(F)F. The van der Waals surface area contributed by atoms with Gasteiger partial charge in [0, 0.05) is 19.5 Å². The van der Waals surface area contributed by atoms with E-state index in [1.165, 1.54) is 4.90 Å². The van der Waals surface area contributed by atoms with Crippen LogP contribution < -0.4 is 0 Å². The molecule has 0 rings (SSSR count). The molecule has 0 saturated carbocycles. The zero-order valence-electron chi connectivity index (χ0n) is 16.2. The van der Waals surface area contributed by atoms with E-state index < -0.39 is 61.5 Å². The maximum absolute atomic E-state index is 13.5. The van der Waals surface area contributed by atoms with Gasteiger partial charge in [-0.25, -0.2) is 0 Å². The number of alkyl halides is 13. The number of aliphatic hydroxyl groups excluding tert-OH is 2. The number of aliphatic hydroxyl groups is 2. The minimum Gasteiger partial charge on any atom is -0.395 e. The second-order valence-electron chi connectivity index (χ2n) is 6.60. The van der Waals surface area contributed by atoms with Gasteiger partial charge in [-0.2, -0.15) is 57.1 Å². The zero-order chi connectivity index (χ0) is 25.8. The smallest absolute Gasteiger partial charge is 0.395 e. The average Bonchev–Trinajstić information content (AvgIpc) is 2.63. The van der Waals surface area contributed by atoms with Gasteiger partial charge in [0.05, 0.1) is 25.9 Å². The molecular weight excluding hydrogens is 489 g/mol. The molecule has 0 aromatic rings. The second kappa shape index (κ2) is 10.5. The Hall–Kier alpha value is -1.07. The van der Waals surface area contributed by atoms with Gasteiger partial charge in [0.15, 0.2) is 0 Å². The highest BCUT2D eigenvalue weighted by Crippen LogP contribution is 2.60. The summed E-state index contributed by atoms with van der Waals surface area (Å²) in [6.45, 7) is -0.984. The lowest BCUT2D eigenvalue weighted by molar-refractivity contribution is -0.440. The standard InChI is InChI=1S/C15H20F13NO3/c1-2-29(4-5-30)7-9(31)8-32-6-3-10(16,17)11(18,19)12(20,21)13(22,23)14(24,25)15(26,27)28/h9,30-31H,2-8H2,1H3. The van der Waals surface area contributed by atoms with Crippen LogP contribution in [-0.2, 0) is 4.74 Å². The lowest BCUT2D eigenvalue weighted by atomic mass is 9.93. The Morgan fingerprint density at radius 3 is 1.66 bits per heavy atom. The van der Waals surface area contributed by atoms with E-state index in [4.69, 9.17) is 5.11 Å². The van der Waals surface area contributed by atoms with Gasteiger partial charge in [0.2, 0.25) is 0 Å². The van der Waals surface area contributed by atoms with Gasteiger partial charge in [0.1, 0.15) is 0 Å². The van der Waals surface area contributed by atoms with Crippen molar-refractivity contribution in [3.63, 3.8) is 0 Å². The quantitative estimate of drug-likeness (QED) is 0.277. The van der Waals surface area contributed by atoms with Crippen molar-refractivity contribution in [3.8, 4) is 0 Å². The van der Waals surface area contributed by atoms with Crippen molar-refractivity contribution in [2.75, 3.05) is 39.5 Å². The Kier molecular flexibility index (Phi) is 10.1. The van der Waals surface area contributed by atoms with E-state index in [1.54, 1.807) is 6.92 Å². The molecular formula is C15H20F13NO3. The summed E-state index contributed by atoms with van der Waals surface area (Å²) in [5.41, 5.74) is 0. The first-order valence-corrected chi connectivity index (χ1v) is 8.68. The van der Waals surface area contributed by atoms with Crippen molar-refractivity contribution in [3.05, 3.63) is 0 Å². The van der Waals surface area contributed by atoms with E-state index in [9.17, 15) is 62.2 Å². The van der Waals surface area contributed by atoms with Gasteiger partial charge in [-0.05, 0) is 6.54 Å². The minimum atomic E-state index is -7.93. The largest absolute Gasteiger partial charge is 0.460 e. The van der Waals surface area contributed by atoms with Crippen LogP contribution in [0.5, 0.6) is 0 Å². The second-order valence-corrected chi connectivity index (χ2v) is 6.60. The van der Waals surface area contributed by atoms with Crippen LogP contribution >= 0.6 is 0 Å². The highest BCUT2D eigenvalue weighted by molar-refractivity contribution is 5.10. The summed E-state index contributed by atoms with van der Waals surface area (Å²) in [7, 11) is 0. The Morgan fingerprint density at radius 1 is 0.781 bits per heavy atom. The summed E-state index contributed by atoms with van der Waals surface area (Å²) in [6, 6.07) is 0. The first-order chi connectivity index (χ1) is 14.1. The summed E-state index contributed by atoms with van der Waals surface area (Å²) in [5.74, 6) is -37.1. The molecule has 32 heavy (non-hydrogen) atoms. The van der Waals surface area contributed by atoms with Gasteiger partial charge in [-0.3, -0.25) is 4.90 Å². The first-order valence-electron chi connectivity index (χ1n) is 8.68. The number of hydrogen-bond donors (Lipinski definition) is 2. The molecule has 0 spiro atoms. The van der Waals surface area contributed by atoms with Crippen LogP contribution in [0, 0.1) is 0 Å². The molecule has 0 aliphatic heterocycles. The third-order valence-electron chi connectivity index (χ3n) is 4.20. The maximum Gasteiger partial charge on any atom is 0.460 e. The molecule has 0 heterocycles. The molecule has 17 heteroatoms. The van der Waals surface area contributed by atoms with Crippen LogP contribution in [0.25, 0.3) is 0 Å². The molecule has 0 aliphatic carbocycles. The third kappa shape index (κ3) is 6.08. The van der Waals surface area contributed by atoms with Crippen LogP contribution in [0.1, 0.15) is 13.3 Å². The van der Waals surface area contributed by atoms with Crippen molar-refractivity contribution in [1.82, 2.24) is 4.90 Å². The fraction of sp³-hybridized carbons (Fsp3) is 1.00. The number of nitrogens with zero attached hydrogens (tertiary/aromatic N) is 1. The zero-order valence-corrected chi connectivity index (χ0v) is 16.2. The predicted molar refractivity (Wildman–Crippen MR) is 81.4 cm³/mol. The van der Waals surface area contributed by atoms with Crippen LogP contribution in [-0.4, -0.2) is 96.5 Å². The van der Waals surface area contributed by atoms with E-state index >= 15 is 0 Å². The van der Waals surface area contributed by atoms with Crippen molar-refractivity contribution >= 4 is 0 Å². The van der Waals surface area contributed by atoms with Gasteiger partial charge in [0.25, 0.3) is 0 Å².